The van der Waals surface area contributed by atoms with Crippen molar-refractivity contribution in [2.24, 2.45) is 5.41 Å². The van der Waals surface area contributed by atoms with E-state index >= 15 is 0 Å². The summed E-state index contributed by atoms with van der Waals surface area (Å²) in [5.74, 6) is 0.444. The minimum atomic E-state index is -1.35. The minimum Gasteiger partial charge on any atom is -0.488 e. The first kappa shape index (κ1) is 17.7. The quantitative estimate of drug-likeness (QED) is 0.826. The van der Waals surface area contributed by atoms with Crippen LogP contribution in [-0.2, 0) is 0 Å². The van der Waals surface area contributed by atoms with Crippen molar-refractivity contribution in [3.8, 4) is 5.75 Å². The fourth-order valence-electron chi connectivity index (χ4n) is 2.66. The molecule has 0 aromatic heterocycles. The highest BCUT2D eigenvalue weighted by Gasteiger charge is 2.28. The maximum atomic E-state index is 12.0. The average molecular weight is 292 g/mol. The topological polar surface area (TPSA) is 46.5 Å². The van der Waals surface area contributed by atoms with Crippen molar-refractivity contribution < 1.29 is 14.6 Å². The number of Topliss-reactive ketones (excluding diaryl/α,β-unsaturated/α-hetero) is 1. The summed E-state index contributed by atoms with van der Waals surface area (Å²) in [4.78, 5) is 12.0. The van der Waals surface area contributed by atoms with Crippen LogP contribution in [-0.4, -0.2) is 22.1 Å². The van der Waals surface area contributed by atoms with Gasteiger partial charge in [-0.05, 0) is 63.8 Å². The maximum Gasteiger partial charge on any atom is 0.193 e. The summed E-state index contributed by atoms with van der Waals surface area (Å²) in [6.07, 6.45) is 0.921. The van der Waals surface area contributed by atoms with Gasteiger partial charge >= 0.3 is 0 Å². The fraction of sp³-hybridized carbons (Fsp3) is 0.611. The van der Waals surface area contributed by atoms with E-state index in [1.807, 2.05) is 0 Å². The third-order valence-electron chi connectivity index (χ3n) is 3.02. The van der Waals surface area contributed by atoms with Crippen LogP contribution in [0.4, 0.5) is 0 Å². The lowest BCUT2D eigenvalue weighted by atomic mass is 9.83. The van der Waals surface area contributed by atoms with Crippen molar-refractivity contribution in [3.05, 3.63) is 29.8 Å². The highest BCUT2D eigenvalue weighted by molar-refractivity contribution is 6.01. The predicted molar refractivity (Wildman–Crippen MR) is 85.8 cm³/mol. The molecule has 0 saturated carbocycles. The van der Waals surface area contributed by atoms with E-state index in [1.165, 1.54) is 13.8 Å². The number of carbonyl (C=O) groups excluding carboxylic acids is 1. The monoisotopic (exact) mass is 292 g/mol. The Morgan fingerprint density at radius 3 is 1.86 bits per heavy atom. The second kappa shape index (κ2) is 5.80. The lowest BCUT2D eigenvalue weighted by Gasteiger charge is -2.33. The molecule has 0 aliphatic rings. The van der Waals surface area contributed by atoms with Crippen molar-refractivity contribution in [1.29, 1.82) is 0 Å². The van der Waals surface area contributed by atoms with Gasteiger partial charge < -0.3 is 9.84 Å². The molecule has 0 fully saturated rings. The Balaban J connectivity index is 2.82. The van der Waals surface area contributed by atoms with Gasteiger partial charge in [0.25, 0.3) is 0 Å². The number of benzene rings is 1. The van der Waals surface area contributed by atoms with Crippen LogP contribution in [0.5, 0.6) is 5.75 Å². The normalized spacial score (nSPS) is 13.1. The molecular weight excluding hydrogens is 264 g/mol. The number of aliphatic hydroxyl groups is 1. The molecule has 118 valence electrons. The highest BCUT2D eigenvalue weighted by atomic mass is 16.5. The molecule has 0 aliphatic heterocycles. The highest BCUT2D eigenvalue weighted by Crippen LogP contribution is 2.31. The zero-order chi connectivity index (χ0) is 16.5. The predicted octanol–water partition coefficient (Wildman–Crippen LogP) is 4.23. The Labute approximate surface area is 128 Å². The summed E-state index contributed by atoms with van der Waals surface area (Å²) in [5.41, 5.74) is -0.961. The third-order valence-corrected chi connectivity index (χ3v) is 3.02. The Hall–Kier alpha value is -1.35. The summed E-state index contributed by atoms with van der Waals surface area (Å²) in [5, 5.41) is 9.74. The van der Waals surface area contributed by atoms with Crippen LogP contribution in [0, 0.1) is 5.41 Å². The fourth-order valence-corrected chi connectivity index (χ4v) is 2.66. The number of ketones is 1. The second-order valence-corrected chi connectivity index (χ2v) is 8.01. The van der Waals surface area contributed by atoms with Crippen molar-refractivity contribution >= 4 is 5.78 Å². The molecule has 0 atom stereocenters. The molecule has 1 rings (SSSR count). The van der Waals surface area contributed by atoms with Crippen molar-refractivity contribution in [1.82, 2.24) is 0 Å². The first-order chi connectivity index (χ1) is 9.30. The summed E-state index contributed by atoms with van der Waals surface area (Å²) < 4.78 is 6.02. The van der Waals surface area contributed by atoms with E-state index in [9.17, 15) is 9.90 Å². The molecule has 0 saturated heterocycles. The van der Waals surface area contributed by atoms with Crippen molar-refractivity contribution in [2.45, 2.75) is 66.1 Å². The van der Waals surface area contributed by atoms with Crippen LogP contribution in [0.2, 0.25) is 0 Å². The lowest BCUT2D eigenvalue weighted by Crippen LogP contribution is -2.33. The Morgan fingerprint density at radius 2 is 1.48 bits per heavy atom. The number of ether oxygens (including phenoxy) is 1. The average Bonchev–Trinajstić information content (AvgIpc) is 2.23. The lowest BCUT2D eigenvalue weighted by molar-refractivity contribution is 0.0487. The molecule has 1 aromatic rings. The van der Waals surface area contributed by atoms with Gasteiger partial charge in [-0.15, -0.1) is 0 Å². The van der Waals surface area contributed by atoms with E-state index < -0.39 is 5.60 Å². The van der Waals surface area contributed by atoms with E-state index in [2.05, 4.69) is 34.6 Å². The van der Waals surface area contributed by atoms with Gasteiger partial charge in [0.1, 0.15) is 17.0 Å². The maximum absolute atomic E-state index is 12.0. The molecule has 0 bridgehead atoms. The van der Waals surface area contributed by atoms with Gasteiger partial charge in [-0.2, -0.15) is 0 Å². The van der Waals surface area contributed by atoms with E-state index in [-0.39, 0.29) is 16.8 Å². The molecule has 0 unspecified atom stereocenters. The standard InChI is InChI=1S/C18H28O3/c1-16(2,3)12-17(4,5)21-14-10-8-13(9-11-14)15(19)18(6,7)20/h8-11,20H,12H2,1-7H3. The van der Waals surface area contributed by atoms with Crippen molar-refractivity contribution in [3.63, 3.8) is 0 Å². The van der Waals surface area contributed by atoms with Crippen LogP contribution in [0.15, 0.2) is 24.3 Å². The molecule has 0 heterocycles. The van der Waals surface area contributed by atoms with Gasteiger partial charge in [0.2, 0.25) is 0 Å². The Morgan fingerprint density at radius 1 is 1.00 bits per heavy atom. The van der Waals surface area contributed by atoms with Gasteiger partial charge in [-0.25, -0.2) is 0 Å². The van der Waals surface area contributed by atoms with Gasteiger partial charge in [0, 0.05) is 5.56 Å². The largest absolute Gasteiger partial charge is 0.488 e. The number of rotatable bonds is 5. The zero-order valence-corrected chi connectivity index (χ0v) is 14.3. The van der Waals surface area contributed by atoms with Crippen LogP contribution in [0.25, 0.3) is 0 Å². The zero-order valence-electron chi connectivity index (χ0n) is 14.3. The molecule has 1 aromatic carbocycles. The van der Waals surface area contributed by atoms with Gasteiger partial charge in [-0.3, -0.25) is 4.79 Å². The molecule has 0 spiro atoms. The first-order valence-electron chi connectivity index (χ1n) is 7.36. The van der Waals surface area contributed by atoms with Crippen molar-refractivity contribution in [2.75, 3.05) is 0 Å². The molecule has 0 radical (unpaired) electrons. The second-order valence-electron chi connectivity index (χ2n) is 8.01. The Bertz CT molecular complexity index is 485. The summed E-state index contributed by atoms with van der Waals surface area (Å²) >= 11 is 0. The smallest absolute Gasteiger partial charge is 0.193 e. The van der Waals surface area contributed by atoms with Gasteiger partial charge in [-0.1, -0.05) is 20.8 Å². The van der Waals surface area contributed by atoms with Crippen LogP contribution in [0.3, 0.4) is 0 Å². The molecule has 3 heteroatoms. The third kappa shape index (κ3) is 5.88. The van der Waals surface area contributed by atoms with Crippen LogP contribution < -0.4 is 4.74 Å². The Kier molecular flexibility index (Phi) is 4.89. The molecular formula is C18H28O3. The number of carbonyl (C=O) groups is 1. The first-order valence-corrected chi connectivity index (χ1v) is 7.36. The SMILES string of the molecule is CC(C)(C)CC(C)(C)Oc1ccc(C(=O)C(C)(C)O)cc1. The van der Waals surface area contributed by atoms with Crippen LogP contribution >= 0.6 is 0 Å². The molecule has 3 nitrogen and oxygen atoms in total. The van der Waals surface area contributed by atoms with E-state index in [0.29, 0.717) is 5.56 Å². The van der Waals surface area contributed by atoms with E-state index in [0.717, 1.165) is 12.2 Å². The molecule has 0 amide bonds. The summed E-state index contributed by atoms with van der Waals surface area (Å²) in [6.45, 7) is 13.7. The van der Waals surface area contributed by atoms with Gasteiger partial charge in [0.15, 0.2) is 5.78 Å². The number of hydrogen-bond acceptors (Lipinski definition) is 3. The molecule has 1 N–H and O–H groups in total. The van der Waals surface area contributed by atoms with E-state index in [1.54, 1.807) is 24.3 Å². The van der Waals surface area contributed by atoms with E-state index in [4.69, 9.17) is 4.74 Å². The molecule has 21 heavy (non-hydrogen) atoms. The minimum absolute atomic E-state index is 0.181. The summed E-state index contributed by atoms with van der Waals surface area (Å²) in [7, 11) is 0. The molecule has 0 aliphatic carbocycles. The van der Waals surface area contributed by atoms with Crippen LogP contribution in [0.1, 0.15) is 65.2 Å². The van der Waals surface area contributed by atoms with Gasteiger partial charge in [0.05, 0.1) is 0 Å². The summed E-state index contributed by atoms with van der Waals surface area (Å²) in [6, 6.07) is 6.96. The number of hydrogen-bond donors (Lipinski definition) is 1.